The summed E-state index contributed by atoms with van der Waals surface area (Å²) in [5, 5.41) is 5.46. The minimum absolute atomic E-state index is 0.0220. The summed E-state index contributed by atoms with van der Waals surface area (Å²) in [6.07, 6.45) is 0.826. The second-order valence-electron chi connectivity index (χ2n) is 8.77. The summed E-state index contributed by atoms with van der Waals surface area (Å²) in [5.74, 6) is -1.28. The third-order valence-electron chi connectivity index (χ3n) is 6.28. The molecule has 2 amide bonds. The molecule has 2 heterocycles. The van der Waals surface area contributed by atoms with Gasteiger partial charge in [-0.25, -0.2) is 12.8 Å². The molecule has 2 aliphatic rings. The van der Waals surface area contributed by atoms with Gasteiger partial charge in [-0.2, -0.15) is 4.31 Å². The number of ether oxygens (including phenoxy) is 1. The van der Waals surface area contributed by atoms with Crippen molar-refractivity contribution in [2.75, 3.05) is 23.7 Å². The topological polar surface area (TPSA) is 105 Å². The monoisotopic (exact) mass is 489 g/mol. The molecule has 2 N–H and O–H groups in total. The van der Waals surface area contributed by atoms with Crippen molar-refractivity contribution in [3.63, 3.8) is 0 Å². The minimum atomic E-state index is -3.91. The molecule has 0 aromatic heterocycles. The fourth-order valence-electron chi connectivity index (χ4n) is 4.26. The van der Waals surface area contributed by atoms with Crippen molar-refractivity contribution in [3.05, 3.63) is 47.3 Å². The van der Waals surface area contributed by atoms with E-state index in [1.807, 2.05) is 6.92 Å². The number of nitrogens with one attached hydrogen (secondary N) is 2. The summed E-state index contributed by atoms with van der Waals surface area (Å²) in [6, 6.07) is 7.48. The Bertz CT molecular complexity index is 1250. The van der Waals surface area contributed by atoms with E-state index in [2.05, 4.69) is 10.6 Å². The number of anilines is 2. The number of carbonyl (C=O) groups is 2. The summed E-state index contributed by atoms with van der Waals surface area (Å²) in [5.41, 5.74) is 1.72. The van der Waals surface area contributed by atoms with Gasteiger partial charge in [0.25, 0.3) is 5.91 Å². The molecule has 0 spiro atoms. The van der Waals surface area contributed by atoms with Crippen LogP contribution in [0.3, 0.4) is 0 Å². The predicted molar refractivity (Wildman–Crippen MR) is 126 cm³/mol. The van der Waals surface area contributed by atoms with Crippen molar-refractivity contribution >= 4 is 33.2 Å². The van der Waals surface area contributed by atoms with Crippen LogP contribution in [0.15, 0.2) is 35.2 Å². The van der Waals surface area contributed by atoms with Crippen LogP contribution in [-0.2, 0) is 19.6 Å². The maximum absolute atomic E-state index is 13.8. The van der Waals surface area contributed by atoms with Crippen molar-refractivity contribution in [3.8, 4) is 5.75 Å². The molecule has 2 aromatic carbocycles. The van der Waals surface area contributed by atoms with Gasteiger partial charge in [0.2, 0.25) is 15.9 Å². The Morgan fingerprint density at radius 2 is 2.00 bits per heavy atom. The van der Waals surface area contributed by atoms with E-state index in [1.165, 1.54) is 16.4 Å². The normalized spacial score (nSPS) is 20.8. The van der Waals surface area contributed by atoms with Crippen molar-refractivity contribution in [1.82, 2.24) is 4.31 Å². The standard InChI is InChI=1S/C24H28FN3O5S/c1-4-20-24(30)27-19-10-15(3)22(12-21(19)33-20)34(31,32)28-9-5-6-16(13-28)23(29)26-17-8-7-14(2)18(25)11-17/h7-8,10-12,16,20H,4-6,9,13H2,1-3H3,(H,26,29)(H,27,30)/t16-,20+/m0/s1. The lowest BCUT2D eigenvalue weighted by Crippen LogP contribution is -2.44. The first-order valence-corrected chi connectivity index (χ1v) is 12.7. The molecule has 8 nitrogen and oxygen atoms in total. The van der Waals surface area contributed by atoms with Gasteiger partial charge in [0.15, 0.2) is 6.10 Å². The number of sulfonamides is 1. The van der Waals surface area contributed by atoms with Crippen LogP contribution in [0.1, 0.15) is 37.3 Å². The molecule has 2 aromatic rings. The summed E-state index contributed by atoms with van der Waals surface area (Å²) < 4.78 is 47.9. The largest absolute Gasteiger partial charge is 0.478 e. The highest BCUT2D eigenvalue weighted by Gasteiger charge is 2.36. The SMILES string of the molecule is CC[C@H]1Oc2cc(S(=O)(=O)N3CCC[C@H](C(=O)Nc4ccc(C)c(F)c4)C3)c(C)cc2NC1=O. The number of piperidine rings is 1. The van der Waals surface area contributed by atoms with Gasteiger partial charge in [-0.15, -0.1) is 0 Å². The molecule has 34 heavy (non-hydrogen) atoms. The van der Waals surface area contributed by atoms with E-state index in [4.69, 9.17) is 4.74 Å². The van der Waals surface area contributed by atoms with Crippen molar-refractivity contribution < 1.29 is 27.1 Å². The predicted octanol–water partition coefficient (Wildman–Crippen LogP) is 3.59. The number of hydrogen-bond acceptors (Lipinski definition) is 5. The summed E-state index contributed by atoms with van der Waals surface area (Å²) >= 11 is 0. The van der Waals surface area contributed by atoms with Gasteiger partial charge in [0, 0.05) is 24.8 Å². The smallest absolute Gasteiger partial charge is 0.265 e. The number of amides is 2. The first-order chi connectivity index (χ1) is 16.1. The Morgan fingerprint density at radius 1 is 1.24 bits per heavy atom. The average Bonchev–Trinajstić information content (AvgIpc) is 2.80. The Hall–Kier alpha value is -2.98. The fourth-order valence-corrected chi connectivity index (χ4v) is 6.01. The second-order valence-corrected chi connectivity index (χ2v) is 10.7. The van der Waals surface area contributed by atoms with Gasteiger partial charge in [0.05, 0.1) is 16.5 Å². The number of carbonyl (C=O) groups excluding carboxylic acids is 2. The molecular formula is C24H28FN3O5S. The molecule has 10 heteroatoms. The zero-order valence-corrected chi connectivity index (χ0v) is 20.2. The van der Waals surface area contributed by atoms with E-state index in [0.29, 0.717) is 47.5 Å². The van der Waals surface area contributed by atoms with Gasteiger partial charge in [0.1, 0.15) is 11.6 Å². The summed E-state index contributed by atoms with van der Waals surface area (Å²) in [7, 11) is -3.91. The maximum atomic E-state index is 13.8. The number of nitrogens with zero attached hydrogens (tertiary/aromatic N) is 1. The maximum Gasteiger partial charge on any atom is 0.265 e. The number of benzene rings is 2. The molecular weight excluding hydrogens is 461 g/mol. The van der Waals surface area contributed by atoms with Crippen LogP contribution in [-0.4, -0.2) is 43.7 Å². The van der Waals surface area contributed by atoms with Gasteiger partial charge in [-0.1, -0.05) is 13.0 Å². The van der Waals surface area contributed by atoms with Crippen molar-refractivity contribution in [2.45, 2.75) is 51.0 Å². The minimum Gasteiger partial charge on any atom is -0.478 e. The molecule has 4 rings (SSSR count). The number of rotatable bonds is 5. The van der Waals surface area contributed by atoms with E-state index >= 15 is 0 Å². The highest BCUT2D eigenvalue weighted by atomic mass is 32.2. The molecule has 0 aliphatic carbocycles. The second kappa shape index (κ2) is 9.34. The van der Waals surface area contributed by atoms with Gasteiger partial charge in [-0.3, -0.25) is 9.59 Å². The zero-order valence-electron chi connectivity index (χ0n) is 19.4. The van der Waals surface area contributed by atoms with Crippen LogP contribution in [0.2, 0.25) is 0 Å². The van der Waals surface area contributed by atoms with Crippen LogP contribution in [0, 0.1) is 25.6 Å². The molecule has 0 bridgehead atoms. The van der Waals surface area contributed by atoms with Crippen LogP contribution >= 0.6 is 0 Å². The molecule has 0 saturated carbocycles. The Balaban J connectivity index is 1.54. The molecule has 0 unspecified atom stereocenters. The van der Waals surface area contributed by atoms with Crippen LogP contribution in [0.5, 0.6) is 5.75 Å². The molecule has 182 valence electrons. The number of aryl methyl sites for hydroxylation is 2. The van der Waals surface area contributed by atoms with E-state index in [1.54, 1.807) is 32.0 Å². The third-order valence-corrected chi connectivity index (χ3v) is 8.29. The number of hydrogen-bond donors (Lipinski definition) is 2. The van der Waals surface area contributed by atoms with E-state index < -0.39 is 27.9 Å². The number of halogens is 1. The highest BCUT2D eigenvalue weighted by molar-refractivity contribution is 7.89. The lowest BCUT2D eigenvalue weighted by Gasteiger charge is -2.32. The lowest BCUT2D eigenvalue weighted by molar-refractivity contribution is -0.123. The fraction of sp³-hybridized carbons (Fsp3) is 0.417. The first kappa shape index (κ1) is 24.2. The lowest BCUT2D eigenvalue weighted by atomic mass is 9.98. The van der Waals surface area contributed by atoms with Gasteiger partial charge in [-0.05, 0) is 62.4 Å². The summed E-state index contributed by atoms with van der Waals surface area (Å²) in [4.78, 5) is 25.0. The van der Waals surface area contributed by atoms with Crippen LogP contribution < -0.4 is 15.4 Å². The first-order valence-electron chi connectivity index (χ1n) is 11.3. The van der Waals surface area contributed by atoms with Crippen molar-refractivity contribution in [2.24, 2.45) is 5.92 Å². The van der Waals surface area contributed by atoms with E-state index in [9.17, 15) is 22.4 Å². The van der Waals surface area contributed by atoms with Crippen molar-refractivity contribution in [1.29, 1.82) is 0 Å². The van der Waals surface area contributed by atoms with Gasteiger partial charge >= 0.3 is 0 Å². The van der Waals surface area contributed by atoms with Crippen LogP contribution in [0.4, 0.5) is 15.8 Å². The number of fused-ring (bicyclic) bond motifs is 1. The Kier molecular flexibility index (Phi) is 6.64. The highest BCUT2D eigenvalue weighted by Crippen LogP contribution is 2.36. The van der Waals surface area contributed by atoms with E-state index in [-0.39, 0.29) is 29.8 Å². The molecule has 2 atom stereocenters. The van der Waals surface area contributed by atoms with Crippen LogP contribution in [0.25, 0.3) is 0 Å². The summed E-state index contributed by atoms with van der Waals surface area (Å²) in [6.45, 7) is 5.41. The molecule has 2 aliphatic heterocycles. The van der Waals surface area contributed by atoms with Gasteiger partial charge < -0.3 is 15.4 Å². The Morgan fingerprint density at radius 3 is 2.71 bits per heavy atom. The zero-order chi connectivity index (χ0) is 24.6. The molecule has 1 saturated heterocycles. The quantitative estimate of drug-likeness (QED) is 0.668. The Labute approximate surface area is 198 Å². The van der Waals surface area contributed by atoms with E-state index in [0.717, 1.165) is 0 Å². The molecule has 1 fully saturated rings. The molecule has 0 radical (unpaired) electrons. The average molecular weight is 490 g/mol. The third kappa shape index (κ3) is 4.65.